The second-order valence-electron chi connectivity index (χ2n) is 5.32. The highest BCUT2D eigenvalue weighted by molar-refractivity contribution is 5.98. The Morgan fingerprint density at radius 2 is 2.00 bits per heavy atom. The summed E-state index contributed by atoms with van der Waals surface area (Å²) >= 11 is 0. The first-order valence-corrected chi connectivity index (χ1v) is 6.88. The van der Waals surface area contributed by atoms with Gasteiger partial charge >= 0.3 is 0 Å². The third kappa shape index (κ3) is 3.64. The molecule has 0 aromatic heterocycles. The Kier molecular flexibility index (Phi) is 4.72. The van der Waals surface area contributed by atoms with Crippen LogP contribution in [-0.4, -0.2) is 31.7 Å². The van der Waals surface area contributed by atoms with Crippen molar-refractivity contribution in [1.82, 2.24) is 0 Å². The van der Waals surface area contributed by atoms with Gasteiger partial charge in [0.2, 0.25) is 0 Å². The number of ether oxygens (including phenoxy) is 2. The van der Waals surface area contributed by atoms with Gasteiger partial charge in [0.05, 0.1) is 12.7 Å². The third-order valence-corrected chi connectivity index (χ3v) is 3.70. The van der Waals surface area contributed by atoms with Crippen LogP contribution in [0.3, 0.4) is 0 Å². The highest BCUT2D eigenvalue weighted by Gasteiger charge is 2.17. The van der Waals surface area contributed by atoms with Crippen LogP contribution in [0.5, 0.6) is 0 Å². The monoisotopic (exact) mass is 262 g/mol. The second kappa shape index (κ2) is 6.31. The second-order valence-corrected chi connectivity index (χ2v) is 5.32. The van der Waals surface area contributed by atoms with Gasteiger partial charge in [0.15, 0.2) is 5.78 Å². The Hall–Kier alpha value is -1.19. The molecule has 3 heteroatoms. The Morgan fingerprint density at radius 1 is 1.26 bits per heavy atom. The van der Waals surface area contributed by atoms with Crippen LogP contribution in [0.2, 0.25) is 0 Å². The summed E-state index contributed by atoms with van der Waals surface area (Å²) in [6.07, 6.45) is 2.31. The molecule has 1 atom stereocenters. The quantitative estimate of drug-likeness (QED) is 0.765. The minimum atomic E-state index is 0.0543. The number of aryl methyl sites for hydroxylation is 3. The molecule has 0 N–H and O–H groups in total. The maximum Gasteiger partial charge on any atom is 0.188 e. The van der Waals surface area contributed by atoms with E-state index in [1.54, 1.807) is 0 Å². The van der Waals surface area contributed by atoms with Crippen molar-refractivity contribution < 1.29 is 14.3 Å². The van der Waals surface area contributed by atoms with E-state index >= 15 is 0 Å². The molecule has 0 amide bonds. The van der Waals surface area contributed by atoms with Crippen LogP contribution in [0.25, 0.3) is 0 Å². The first kappa shape index (κ1) is 14.2. The Morgan fingerprint density at radius 3 is 2.68 bits per heavy atom. The van der Waals surface area contributed by atoms with Crippen LogP contribution in [0.15, 0.2) is 12.1 Å². The minimum Gasteiger partial charge on any atom is -0.376 e. The average molecular weight is 262 g/mol. The van der Waals surface area contributed by atoms with Crippen LogP contribution in [0, 0.1) is 20.8 Å². The van der Waals surface area contributed by atoms with Gasteiger partial charge in [0, 0.05) is 12.2 Å². The maximum absolute atomic E-state index is 12.1. The molecule has 1 unspecified atom stereocenters. The van der Waals surface area contributed by atoms with E-state index in [2.05, 4.69) is 13.0 Å². The van der Waals surface area contributed by atoms with Crippen LogP contribution in [0.1, 0.15) is 39.9 Å². The van der Waals surface area contributed by atoms with Gasteiger partial charge in [-0.3, -0.25) is 4.79 Å². The van der Waals surface area contributed by atoms with E-state index in [1.807, 2.05) is 19.9 Å². The number of ketones is 1. The Bertz CT molecular complexity index is 459. The molecule has 0 bridgehead atoms. The molecule has 0 radical (unpaired) electrons. The first-order chi connectivity index (χ1) is 9.08. The average Bonchev–Trinajstić information content (AvgIpc) is 2.86. The van der Waals surface area contributed by atoms with Gasteiger partial charge < -0.3 is 9.47 Å². The predicted molar refractivity (Wildman–Crippen MR) is 74.8 cm³/mol. The van der Waals surface area contributed by atoms with Crippen molar-refractivity contribution in [3.05, 3.63) is 34.4 Å². The Labute approximate surface area is 114 Å². The van der Waals surface area contributed by atoms with Crippen LogP contribution >= 0.6 is 0 Å². The lowest BCUT2D eigenvalue weighted by molar-refractivity contribution is 0.0190. The number of Topliss-reactive ketones (excluding diaryl/α,β-unsaturated/α-hetero) is 1. The topological polar surface area (TPSA) is 35.5 Å². The summed E-state index contributed by atoms with van der Waals surface area (Å²) < 4.78 is 10.9. The van der Waals surface area contributed by atoms with Gasteiger partial charge in [-0.1, -0.05) is 6.07 Å². The van der Waals surface area contributed by atoms with Crippen molar-refractivity contribution in [2.45, 2.75) is 39.7 Å². The van der Waals surface area contributed by atoms with E-state index in [0.717, 1.165) is 36.1 Å². The van der Waals surface area contributed by atoms with E-state index in [4.69, 9.17) is 9.47 Å². The van der Waals surface area contributed by atoms with Gasteiger partial charge in [-0.2, -0.15) is 0 Å². The van der Waals surface area contributed by atoms with Gasteiger partial charge in [0.25, 0.3) is 0 Å². The van der Waals surface area contributed by atoms with Gasteiger partial charge in [-0.15, -0.1) is 0 Å². The first-order valence-electron chi connectivity index (χ1n) is 6.88. The van der Waals surface area contributed by atoms with Gasteiger partial charge in [0.1, 0.15) is 6.61 Å². The fraction of sp³-hybridized carbons (Fsp3) is 0.562. The van der Waals surface area contributed by atoms with Crippen molar-refractivity contribution in [2.24, 2.45) is 0 Å². The zero-order chi connectivity index (χ0) is 13.8. The maximum atomic E-state index is 12.1. The normalized spacial score (nSPS) is 18.8. The summed E-state index contributed by atoms with van der Waals surface area (Å²) in [5.41, 5.74) is 4.16. The van der Waals surface area contributed by atoms with Gasteiger partial charge in [-0.05, 0) is 56.4 Å². The molecule has 0 aliphatic carbocycles. The van der Waals surface area contributed by atoms with E-state index in [1.165, 1.54) is 5.56 Å². The van der Waals surface area contributed by atoms with Crippen molar-refractivity contribution >= 4 is 5.78 Å². The number of hydrogen-bond donors (Lipinski definition) is 0. The van der Waals surface area contributed by atoms with Crippen LogP contribution < -0.4 is 0 Å². The molecule has 104 valence electrons. The van der Waals surface area contributed by atoms with Crippen LogP contribution in [-0.2, 0) is 9.47 Å². The molecule has 1 aromatic carbocycles. The predicted octanol–water partition coefficient (Wildman–Crippen LogP) is 2.99. The van der Waals surface area contributed by atoms with E-state index in [-0.39, 0.29) is 18.5 Å². The van der Waals surface area contributed by atoms with Crippen molar-refractivity contribution in [3.63, 3.8) is 0 Å². The summed E-state index contributed by atoms with van der Waals surface area (Å²) in [6, 6.07) is 4.02. The van der Waals surface area contributed by atoms with E-state index < -0.39 is 0 Å². The minimum absolute atomic E-state index is 0.0543. The highest BCUT2D eigenvalue weighted by atomic mass is 16.5. The molecule has 1 aliphatic heterocycles. The molecule has 1 aliphatic rings. The summed E-state index contributed by atoms with van der Waals surface area (Å²) in [7, 11) is 0. The number of carbonyl (C=O) groups is 1. The standard InChI is InChI=1S/C16H22O3/c1-11-7-13(3)15(8-12(11)2)16(17)10-18-9-14-5-4-6-19-14/h7-8,14H,4-6,9-10H2,1-3H3. The summed E-state index contributed by atoms with van der Waals surface area (Å²) in [5, 5.41) is 0. The summed E-state index contributed by atoms with van der Waals surface area (Å²) in [5.74, 6) is 0.0543. The molecule has 0 saturated carbocycles. The molecule has 19 heavy (non-hydrogen) atoms. The zero-order valence-corrected chi connectivity index (χ0v) is 12.0. The lowest BCUT2D eigenvalue weighted by Gasteiger charge is -2.11. The number of rotatable bonds is 5. The summed E-state index contributed by atoms with van der Waals surface area (Å²) in [4.78, 5) is 12.1. The highest BCUT2D eigenvalue weighted by Crippen LogP contribution is 2.16. The van der Waals surface area contributed by atoms with Crippen molar-refractivity contribution in [1.29, 1.82) is 0 Å². The molecule has 1 fully saturated rings. The molecular weight excluding hydrogens is 240 g/mol. The SMILES string of the molecule is Cc1cc(C)c(C(=O)COCC2CCCO2)cc1C. The molecule has 2 rings (SSSR count). The lowest BCUT2D eigenvalue weighted by Crippen LogP contribution is -2.18. The fourth-order valence-electron chi connectivity index (χ4n) is 2.40. The largest absolute Gasteiger partial charge is 0.376 e. The van der Waals surface area contributed by atoms with E-state index in [9.17, 15) is 4.79 Å². The van der Waals surface area contributed by atoms with Crippen LogP contribution in [0.4, 0.5) is 0 Å². The van der Waals surface area contributed by atoms with E-state index in [0.29, 0.717) is 6.61 Å². The number of benzene rings is 1. The van der Waals surface area contributed by atoms with Crippen molar-refractivity contribution in [2.75, 3.05) is 19.8 Å². The number of carbonyl (C=O) groups excluding carboxylic acids is 1. The third-order valence-electron chi connectivity index (χ3n) is 3.70. The van der Waals surface area contributed by atoms with Gasteiger partial charge in [-0.25, -0.2) is 0 Å². The summed E-state index contributed by atoms with van der Waals surface area (Å²) in [6.45, 7) is 7.54. The van der Waals surface area contributed by atoms with Crippen molar-refractivity contribution in [3.8, 4) is 0 Å². The molecule has 1 aromatic rings. The Balaban J connectivity index is 1.90. The molecule has 1 saturated heterocycles. The fourth-order valence-corrected chi connectivity index (χ4v) is 2.40. The lowest BCUT2D eigenvalue weighted by atomic mass is 9.98. The molecule has 0 spiro atoms. The molecule has 3 nitrogen and oxygen atoms in total. The zero-order valence-electron chi connectivity index (χ0n) is 12.0. The number of hydrogen-bond acceptors (Lipinski definition) is 3. The molecule has 1 heterocycles. The smallest absolute Gasteiger partial charge is 0.188 e. The molecular formula is C16H22O3.